The Morgan fingerprint density at radius 3 is 2.60 bits per heavy atom. The lowest BCUT2D eigenvalue weighted by Crippen LogP contribution is -2.60. The fraction of sp³-hybridized carbons (Fsp3) is 0.333. The number of aryl methyl sites for hydroxylation is 2. The standard InChI is InChI=1S/C24H27N3O3/c1-4-30-24(29)19-14-25-27-21(18-11-10-15(2)12-16(18)3)13-20(26-23(19)27)22(28)17-8-6-5-7-9-17/h5-12,14,20-21,23,25-26H,4,13H2,1-3H3. The summed E-state index contributed by atoms with van der Waals surface area (Å²) in [5.41, 5.74) is 7.88. The molecule has 6 nitrogen and oxygen atoms in total. The second-order valence-electron chi connectivity index (χ2n) is 7.82. The number of Topliss-reactive ketones (excluding diaryl/α,β-unsaturated/α-hetero) is 1. The van der Waals surface area contributed by atoms with Crippen LogP contribution in [0.5, 0.6) is 0 Å². The minimum Gasteiger partial charge on any atom is -0.463 e. The summed E-state index contributed by atoms with van der Waals surface area (Å²) in [4.78, 5) is 25.8. The molecule has 6 heteroatoms. The van der Waals surface area contributed by atoms with Gasteiger partial charge in [0, 0.05) is 11.8 Å². The molecule has 2 N–H and O–H groups in total. The van der Waals surface area contributed by atoms with Gasteiger partial charge in [0.05, 0.1) is 24.3 Å². The molecule has 2 aliphatic rings. The van der Waals surface area contributed by atoms with Crippen LogP contribution in [-0.2, 0) is 9.53 Å². The van der Waals surface area contributed by atoms with Crippen molar-refractivity contribution in [2.24, 2.45) is 0 Å². The Bertz CT molecular complexity index is 986. The fourth-order valence-electron chi connectivity index (χ4n) is 4.33. The number of ether oxygens (including phenoxy) is 1. The molecule has 2 aliphatic heterocycles. The zero-order valence-corrected chi connectivity index (χ0v) is 17.5. The summed E-state index contributed by atoms with van der Waals surface area (Å²) in [6, 6.07) is 15.2. The van der Waals surface area contributed by atoms with E-state index >= 15 is 0 Å². The van der Waals surface area contributed by atoms with Gasteiger partial charge in [0.2, 0.25) is 0 Å². The molecule has 3 atom stereocenters. The zero-order chi connectivity index (χ0) is 21.3. The molecule has 30 heavy (non-hydrogen) atoms. The lowest BCUT2D eigenvalue weighted by molar-refractivity contribution is -0.139. The van der Waals surface area contributed by atoms with Crippen LogP contribution in [0.25, 0.3) is 0 Å². The number of benzene rings is 2. The molecule has 156 valence electrons. The topological polar surface area (TPSA) is 70.7 Å². The molecule has 0 radical (unpaired) electrons. The van der Waals surface area contributed by atoms with E-state index in [0.717, 1.165) is 11.1 Å². The highest BCUT2D eigenvalue weighted by atomic mass is 16.5. The summed E-state index contributed by atoms with van der Waals surface area (Å²) in [6.45, 7) is 6.24. The van der Waals surface area contributed by atoms with E-state index in [1.165, 1.54) is 5.56 Å². The average Bonchev–Trinajstić information content (AvgIpc) is 3.18. The van der Waals surface area contributed by atoms with Crippen LogP contribution in [0.15, 0.2) is 60.3 Å². The molecule has 1 fully saturated rings. The van der Waals surface area contributed by atoms with Crippen molar-refractivity contribution >= 4 is 11.8 Å². The van der Waals surface area contributed by atoms with Gasteiger partial charge in [0.1, 0.15) is 6.17 Å². The summed E-state index contributed by atoms with van der Waals surface area (Å²) in [5.74, 6) is -0.350. The molecule has 0 aliphatic carbocycles. The minimum absolute atomic E-state index is 0.0279. The summed E-state index contributed by atoms with van der Waals surface area (Å²) >= 11 is 0. The molecule has 2 heterocycles. The van der Waals surface area contributed by atoms with E-state index in [0.29, 0.717) is 24.2 Å². The molecule has 2 aromatic rings. The Hall–Kier alpha value is -2.96. The van der Waals surface area contributed by atoms with Gasteiger partial charge in [-0.15, -0.1) is 0 Å². The van der Waals surface area contributed by atoms with Gasteiger partial charge >= 0.3 is 5.97 Å². The number of rotatable bonds is 5. The van der Waals surface area contributed by atoms with Crippen LogP contribution in [0.1, 0.15) is 46.4 Å². The molecule has 4 rings (SSSR count). The Labute approximate surface area is 176 Å². The number of ketones is 1. The third-order valence-electron chi connectivity index (χ3n) is 5.77. The van der Waals surface area contributed by atoms with Gasteiger partial charge in [0.25, 0.3) is 0 Å². The van der Waals surface area contributed by atoms with Gasteiger partial charge in [-0.25, -0.2) is 4.79 Å². The molecule has 0 spiro atoms. The van der Waals surface area contributed by atoms with Crippen LogP contribution in [0.3, 0.4) is 0 Å². The predicted molar refractivity (Wildman–Crippen MR) is 114 cm³/mol. The first-order valence-electron chi connectivity index (χ1n) is 10.3. The normalized spacial score (nSPS) is 23.3. The zero-order valence-electron chi connectivity index (χ0n) is 17.5. The predicted octanol–water partition coefficient (Wildman–Crippen LogP) is 3.18. The van der Waals surface area contributed by atoms with E-state index < -0.39 is 12.2 Å². The number of esters is 1. The van der Waals surface area contributed by atoms with Crippen LogP contribution < -0.4 is 10.7 Å². The number of hydrogen-bond donors (Lipinski definition) is 2. The van der Waals surface area contributed by atoms with Gasteiger partial charge in [-0.05, 0) is 38.3 Å². The van der Waals surface area contributed by atoms with Crippen molar-refractivity contribution in [3.63, 3.8) is 0 Å². The van der Waals surface area contributed by atoms with Gasteiger partial charge in [-0.2, -0.15) is 5.01 Å². The van der Waals surface area contributed by atoms with Crippen LogP contribution >= 0.6 is 0 Å². The molecule has 0 aromatic heterocycles. The largest absolute Gasteiger partial charge is 0.463 e. The van der Waals surface area contributed by atoms with Crippen LogP contribution in [0.2, 0.25) is 0 Å². The monoisotopic (exact) mass is 405 g/mol. The minimum atomic E-state index is -0.443. The maximum atomic E-state index is 13.3. The maximum Gasteiger partial charge on any atom is 0.338 e. The number of nitrogens with zero attached hydrogens (tertiary/aromatic N) is 1. The number of hydrogen-bond acceptors (Lipinski definition) is 6. The highest BCUT2D eigenvalue weighted by Crippen LogP contribution is 2.36. The summed E-state index contributed by atoms with van der Waals surface area (Å²) in [7, 11) is 0. The van der Waals surface area contributed by atoms with Gasteiger partial charge in [-0.1, -0.05) is 54.1 Å². The highest BCUT2D eigenvalue weighted by Gasteiger charge is 2.45. The molecule has 0 amide bonds. The van der Waals surface area contributed by atoms with Crippen molar-refractivity contribution in [2.75, 3.05) is 6.61 Å². The van der Waals surface area contributed by atoms with Gasteiger partial charge in [0.15, 0.2) is 5.78 Å². The Kier molecular flexibility index (Phi) is 5.70. The first kappa shape index (κ1) is 20.3. The SMILES string of the molecule is CCOC(=O)C1=CNN2C1NC(C(=O)c1ccccc1)CC2c1ccc(C)cc1C. The van der Waals surface area contributed by atoms with Gasteiger partial charge in [-0.3, -0.25) is 10.1 Å². The van der Waals surface area contributed by atoms with E-state index in [-0.39, 0.29) is 17.8 Å². The van der Waals surface area contributed by atoms with Crippen molar-refractivity contribution in [1.29, 1.82) is 0 Å². The lowest BCUT2D eigenvalue weighted by atomic mass is 9.88. The summed E-state index contributed by atoms with van der Waals surface area (Å²) < 4.78 is 5.24. The molecular weight excluding hydrogens is 378 g/mol. The molecule has 0 saturated carbocycles. The first-order chi connectivity index (χ1) is 14.5. The van der Waals surface area contributed by atoms with E-state index in [1.807, 2.05) is 35.3 Å². The Balaban J connectivity index is 1.69. The Morgan fingerprint density at radius 1 is 1.13 bits per heavy atom. The number of hydrazine groups is 1. The number of nitrogens with one attached hydrogen (secondary N) is 2. The highest BCUT2D eigenvalue weighted by molar-refractivity contribution is 6.00. The molecule has 1 saturated heterocycles. The Morgan fingerprint density at radius 2 is 1.90 bits per heavy atom. The maximum absolute atomic E-state index is 13.3. The van der Waals surface area contributed by atoms with Crippen LogP contribution in [0.4, 0.5) is 0 Å². The fourth-order valence-corrected chi connectivity index (χ4v) is 4.33. The molecule has 3 unspecified atom stereocenters. The number of carbonyl (C=O) groups excluding carboxylic acids is 2. The van der Waals surface area contributed by atoms with Crippen molar-refractivity contribution in [1.82, 2.24) is 15.8 Å². The number of fused-ring (bicyclic) bond motifs is 1. The third kappa shape index (κ3) is 3.76. The lowest BCUT2D eigenvalue weighted by Gasteiger charge is -2.43. The van der Waals surface area contributed by atoms with E-state index in [1.54, 1.807) is 13.1 Å². The van der Waals surface area contributed by atoms with E-state index in [9.17, 15) is 9.59 Å². The van der Waals surface area contributed by atoms with E-state index in [4.69, 9.17) is 4.74 Å². The molecule has 2 aromatic carbocycles. The van der Waals surface area contributed by atoms with Crippen LogP contribution in [0, 0.1) is 13.8 Å². The van der Waals surface area contributed by atoms with Crippen molar-refractivity contribution in [3.05, 3.63) is 82.6 Å². The average molecular weight is 405 g/mol. The third-order valence-corrected chi connectivity index (χ3v) is 5.77. The first-order valence-corrected chi connectivity index (χ1v) is 10.3. The second-order valence-corrected chi connectivity index (χ2v) is 7.82. The second kappa shape index (κ2) is 8.42. The molecule has 0 bridgehead atoms. The number of carbonyl (C=O) groups is 2. The van der Waals surface area contributed by atoms with Crippen LogP contribution in [-0.4, -0.2) is 35.6 Å². The summed E-state index contributed by atoms with van der Waals surface area (Å²) in [5, 5.41) is 5.39. The quantitative estimate of drug-likeness (QED) is 0.588. The van der Waals surface area contributed by atoms with E-state index in [2.05, 4.69) is 42.8 Å². The van der Waals surface area contributed by atoms with Gasteiger partial charge < -0.3 is 10.2 Å². The van der Waals surface area contributed by atoms with Crippen molar-refractivity contribution < 1.29 is 14.3 Å². The molecular formula is C24H27N3O3. The van der Waals surface area contributed by atoms with Crippen molar-refractivity contribution in [2.45, 2.75) is 45.4 Å². The van der Waals surface area contributed by atoms with Crippen molar-refractivity contribution in [3.8, 4) is 0 Å². The summed E-state index contributed by atoms with van der Waals surface area (Å²) in [6.07, 6.45) is 1.83. The smallest absolute Gasteiger partial charge is 0.338 e.